The van der Waals surface area contributed by atoms with E-state index in [1.807, 2.05) is 0 Å². The SMILES string of the molecule is COCCCCNC1(CCCN(C(N)=O)c2ccc(Cl)c(Cl)c2)CCCc2ccccc21. The summed E-state index contributed by atoms with van der Waals surface area (Å²) in [5.74, 6) is 0. The van der Waals surface area contributed by atoms with Crippen LogP contribution in [-0.2, 0) is 16.7 Å². The van der Waals surface area contributed by atoms with Gasteiger partial charge in [-0.3, -0.25) is 4.90 Å². The van der Waals surface area contributed by atoms with Gasteiger partial charge in [-0.2, -0.15) is 0 Å². The van der Waals surface area contributed by atoms with Crippen LogP contribution in [0.4, 0.5) is 10.5 Å². The molecule has 2 amide bonds. The molecule has 1 atom stereocenters. The van der Waals surface area contributed by atoms with Crippen molar-refractivity contribution >= 4 is 34.9 Å². The second-order valence-corrected chi connectivity index (χ2v) is 9.23. The number of nitrogens with one attached hydrogen (secondary N) is 1. The summed E-state index contributed by atoms with van der Waals surface area (Å²) in [6.45, 7) is 2.23. The van der Waals surface area contributed by atoms with Gasteiger partial charge in [-0.25, -0.2) is 4.79 Å². The average molecular weight is 478 g/mol. The number of carbonyl (C=O) groups is 1. The molecule has 174 valence electrons. The molecule has 0 saturated carbocycles. The topological polar surface area (TPSA) is 67.6 Å². The highest BCUT2D eigenvalue weighted by molar-refractivity contribution is 6.42. The number of hydrogen-bond acceptors (Lipinski definition) is 3. The highest BCUT2D eigenvalue weighted by Crippen LogP contribution is 2.39. The van der Waals surface area contributed by atoms with Crippen LogP contribution in [0.15, 0.2) is 42.5 Å². The average Bonchev–Trinajstić information content (AvgIpc) is 2.79. The smallest absolute Gasteiger partial charge is 0.319 e. The van der Waals surface area contributed by atoms with Crippen molar-refractivity contribution in [1.82, 2.24) is 5.32 Å². The van der Waals surface area contributed by atoms with Crippen molar-refractivity contribution in [3.8, 4) is 0 Å². The van der Waals surface area contributed by atoms with Crippen LogP contribution in [0.5, 0.6) is 0 Å². The van der Waals surface area contributed by atoms with E-state index >= 15 is 0 Å². The summed E-state index contributed by atoms with van der Waals surface area (Å²) in [7, 11) is 1.74. The third-order valence-corrected chi connectivity index (χ3v) is 7.03. The number of urea groups is 1. The molecule has 7 heteroatoms. The first-order chi connectivity index (χ1) is 15.5. The normalized spacial score (nSPS) is 17.7. The quantitative estimate of drug-likeness (QED) is 0.395. The Kier molecular flexibility index (Phi) is 9.23. The number of rotatable bonds is 11. The van der Waals surface area contributed by atoms with Crippen LogP contribution in [0.3, 0.4) is 0 Å². The Hall–Kier alpha value is -1.79. The van der Waals surface area contributed by atoms with Gasteiger partial charge in [-0.05, 0) is 80.8 Å². The summed E-state index contributed by atoms with van der Waals surface area (Å²) in [5, 5.41) is 4.74. The minimum atomic E-state index is -0.492. The Morgan fingerprint density at radius 1 is 1.16 bits per heavy atom. The lowest BCUT2D eigenvalue weighted by Crippen LogP contribution is -2.46. The minimum absolute atomic E-state index is 0.0944. The van der Waals surface area contributed by atoms with Crippen LogP contribution in [-0.4, -0.2) is 32.8 Å². The Morgan fingerprint density at radius 2 is 1.97 bits per heavy atom. The number of amides is 2. The largest absolute Gasteiger partial charge is 0.385 e. The summed E-state index contributed by atoms with van der Waals surface area (Å²) < 4.78 is 5.19. The molecule has 0 spiro atoms. The first-order valence-electron chi connectivity index (χ1n) is 11.3. The number of carbonyl (C=O) groups excluding carboxylic acids is 1. The molecule has 1 aliphatic rings. The van der Waals surface area contributed by atoms with Gasteiger partial charge in [0, 0.05) is 31.5 Å². The predicted molar refractivity (Wildman–Crippen MR) is 133 cm³/mol. The van der Waals surface area contributed by atoms with Crippen LogP contribution in [0.2, 0.25) is 10.0 Å². The lowest BCUT2D eigenvalue weighted by molar-refractivity contribution is 0.188. The van der Waals surface area contributed by atoms with E-state index < -0.39 is 6.03 Å². The Labute approximate surface area is 201 Å². The molecule has 0 heterocycles. The van der Waals surface area contributed by atoms with Gasteiger partial charge in [0.15, 0.2) is 0 Å². The maximum absolute atomic E-state index is 12.2. The highest BCUT2D eigenvalue weighted by Gasteiger charge is 2.35. The van der Waals surface area contributed by atoms with Crippen molar-refractivity contribution in [2.45, 2.75) is 50.5 Å². The molecule has 2 aromatic carbocycles. The maximum Gasteiger partial charge on any atom is 0.319 e. The van der Waals surface area contributed by atoms with Crippen molar-refractivity contribution in [3.63, 3.8) is 0 Å². The summed E-state index contributed by atoms with van der Waals surface area (Å²) >= 11 is 12.2. The molecular weight excluding hydrogens is 445 g/mol. The second-order valence-electron chi connectivity index (χ2n) is 8.41. The fourth-order valence-electron chi connectivity index (χ4n) is 4.71. The molecule has 0 aromatic heterocycles. The third kappa shape index (κ3) is 6.16. The van der Waals surface area contributed by atoms with E-state index in [9.17, 15) is 4.79 Å². The van der Waals surface area contributed by atoms with E-state index in [-0.39, 0.29) is 5.54 Å². The van der Waals surface area contributed by atoms with Gasteiger partial charge in [-0.1, -0.05) is 47.5 Å². The molecule has 3 N–H and O–H groups in total. The molecule has 5 nitrogen and oxygen atoms in total. The van der Waals surface area contributed by atoms with Crippen molar-refractivity contribution in [3.05, 3.63) is 63.6 Å². The number of fused-ring (bicyclic) bond motifs is 1. The van der Waals surface area contributed by atoms with Crippen molar-refractivity contribution < 1.29 is 9.53 Å². The van der Waals surface area contributed by atoms with Crippen LogP contribution in [0.25, 0.3) is 0 Å². The molecule has 0 saturated heterocycles. The summed E-state index contributed by atoms with van der Waals surface area (Å²) in [4.78, 5) is 13.7. The minimum Gasteiger partial charge on any atom is -0.385 e. The van der Waals surface area contributed by atoms with E-state index in [4.69, 9.17) is 33.7 Å². The highest BCUT2D eigenvalue weighted by atomic mass is 35.5. The van der Waals surface area contributed by atoms with Gasteiger partial charge in [0.2, 0.25) is 0 Å². The number of unbranched alkanes of at least 4 members (excludes halogenated alkanes) is 1. The number of nitrogens with two attached hydrogens (primary N) is 1. The summed E-state index contributed by atoms with van der Waals surface area (Å²) in [6.07, 6.45) is 7.16. The number of nitrogens with zero attached hydrogens (tertiary/aromatic N) is 1. The van der Waals surface area contributed by atoms with Crippen LogP contribution >= 0.6 is 23.2 Å². The summed E-state index contributed by atoms with van der Waals surface area (Å²) in [5.41, 5.74) is 9.07. The lowest BCUT2D eigenvalue weighted by Gasteiger charge is -2.41. The zero-order valence-corrected chi connectivity index (χ0v) is 20.2. The molecule has 0 bridgehead atoms. The van der Waals surface area contributed by atoms with E-state index in [1.165, 1.54) is 11.1 Å². The molecule has 0 aliphatic heterocycles. The monoisotopic (exact) mass is 477 g/mol. The fourth-order valence-corrected chi connectivity index (χ4v) is 5.00. The third-order valence-electron chi connectivity index (χ3n) is 6.29. The van der Waals surface area contributed by atoms with Gasteiger partial charge in [0.25, 0.3) is 0 Å². The Bertz CT molecular complexity index is 909. The number of ether oxygens (including phenoxy) is 1. The molecule has 1 aliphatic carbocycles. The Morgan fingerprint density at radius 3 is 2.72 bits per heavy atom. The molecular formula is C25H33Cl2N3O2. The molecule has 1 unspecified atom stereocenters. The van der Waals surface area contributed by atoms with E-state index in [2.05, 4.69) is 29.6 Å². The number of anilines is 1. The zero-order chi connectivity index (χ0) is 23.0. The summed E-state index contributed by atoms with van der Waals surface area (Å²) in [6, 6.07) is 13.4. The number of hydrogen-bond donors (Lipinski definition) is 2. The van der Waals surface area contributed by atoms with E-state index in [1.54, 1.807) is 30.2 Å². The van der Waals surface area contributed by atoms with E-state index in [0.717, 1.165) is 58.1 Å². The van der Waals surface area contributed by atoms with Crippen molar-refractivity contribution in [1.29, 1.82) is 0 Å². The molecule has 32 heavy (non-hydrogen) atoms. The fraction of sp³-hybridized carbons (Fsp3) is 0.480. The van der Waals surface area contributed by atoms with Gasteiger partial charge >= 0.3 is 6.03 Å². The van der Waals surface area contributed by atoms with Crippen LogP contribution < -0.4 is 16.0 Å². The molecule has 0 fully saturated rings. The van der Waals surface area contributed by atoms with Gasteiger partial charge in [0.1, 0.15) is 0 Å². The van der Waals surface area contributed by atoms with Gasteiger partial charge < -0.3 is 15.8 Å². The molecule has 0 radical (unpaired) electrons. The number of methoxy groups -OCH3 is 1. The molecule has 3 rings (SSSR count). The van der Waals surface area contributed by atoms with Crippen molar-refractivity contribution in [2.24, 2.45) is 5.73 Å². The lowest BCUT2D eigenvalue weighted by atomic mass is 9.73. The molecule has 2 aromatic rings. The number of primary amides is 1. The Balaban J connectivity index is 1.73. The first-order valence-corrected chi connectivity index (χ1v) is 12.1. The zero-order valence-electron chi connectivity index (χ0n) is 18.7. The second kappa shape index (κ2) is 11.9. The number of halogens is 2. The van der Waals surface area contributed by atoms with Crippen LogP contribution in [0.1, 0.15) is 49.7 Å². The number of benzene rings is 2. The standard InChI is InChI=1S/C25H33Cl2N3O2/c1-32-17-5-4-15-29-25(13-6-9-19-8-2-3-10-21(19)25)14-7-16-30(24(28)31)20-11-12-22(26)23(27)18-20/h2-3,8,10-12,18,29H,4-7,9,13-17H2,1H3,(H2,28,31). The van der Waals surface area contributed by atoms with E-state index in [0.29, 0.717) is 22.3 Å². The van der Waals surface area contributed by atoms with Gasteiger partial charge in [0.05, 0.1) is 10.0 Å². The van der Waals surface area contributed by atoms with Crippen molar-refractivity contribution in [2.75, 3.05) is 31.7 Å². The number of aryl methyl sites for hydroxylation is 1. The maximum atomic E-state index is 12.2. The predicted octanol–water partition coefficient (Wildman–Crippen LogP) is 5.91. The van der Waals surface area contributed by atoms with Crippen LogP contribution in [0, 0.1) is 0 Å². The first kappa shape index (κ1) is 24.8. The van der Waals surface area contributed by atoms with Gasteiger partial charge in [-0.15, -0.1) is 0 Å².